The van der Waals surface area contributed by atoms with E-state index in [0.29, 0.717) is 0 Å². The Morgan fingerprint density at radius 1 is 0.857 bits per heavy atom. The molecule has 2 aromatic rings. The third-order valence-corrected chi connectivity index (χ3v) is 9.55. The van der Waals surface area contributed by atoms with E-state index in [1.165, 1.54) is 57.4 Å². The molecule has 232 valence electrons. The molecule has 3 rings (SSSR count). The Morgan fingerprint density at radius 3 is 2.02 bits per heavy atom. The highest BCUT2D eigenvalue weighted by Crippen LogP contribution is 2.44. The van der Waals surface area contributed by atoms with Crippen LogP contribution in [0.25, 0.3) is 0 Å². The van der Waals surface area contributed by atoms with E-state index in [0.717, 1.165) is 70.7 Å². The van der Waals surface area contributed by atoms with E-state index in [1.54, 1.807) is 18.2 Å². The fraction of sp³-hybridized carbons (Fsp3) is 0.622. The molecule has 0 spiro atoms. The van der Waals surface area contributed by atoms with Crippen molar-refractivity contribution in [3.8, 4) is 5.75 Å². The van der Waals surface area contributed by atoms with Gasteiger partial charge in [-0.05, 0) is 106 Å². The smallest absolute Gasteiger partial charge is 0.336 e. The topological polar surface area (TPSA) is 75.6 Å². The summed E-state index contributed by atoms with van der Waals surface area (Å²) in [4.78, 5) is 24.8. The molecule has 0 radical (unpaired) electrons. The van der Waals surface area contributed by atoms with Gasteiger partial charge in [-0.15, -0.1) is 0 Å². The average Bonchev–Trinajstić information content (AvgIpc) is 2.93. The molecule has 3 atom stereocenters. The van der Waals surface area contributed by atoms with Crippen LogP contribution in [0.4, 0.5) is 5.69 Å². The first-order chi connectivity index (χ1) is 19.8. The summed E-state index contributed by atoms with van der Waals surface area (Å²) >= 11 is 0. The van der Waals surface area contributed by atoms with Gasteiger partial charge in [-0.25, -0.2) is 4.79 Å². The van der Waals surface area contributed by atoms with E-state index in [9.17, 15) is 14.7 Å². The molecule has 0 bridgehead atoms. The minimum absolute atomic E-state index is 0.0000602. The Labute approximate surface area is 254 Å². The zero-order valence-corrected chi connectivity index (χ0v) is 27.5. The molecule has 1 aliphatic heterocycles. The van der Waals surface area contributed by atoms with Crippen LogP contribution in [0, 0.1) is 38.5 Å². The molecule has 0 saturated heterocycles. The Balaban J connectivity index is 1.57. The summed E-state index contributed by atoms with van der Waals surface area (Å²) in [5.41, 5.74) is 4.88. The zero-order chi connectivity index (χ0) is 31.0. The number of carboxylic acid groups (broad SMARTS) is 1. The van der Waals surface area contributed by atoms with Crippen molar-refractivity contribution >= 4 is 17.6 Å². The van der Waals surface area contributed by atoms with Crippen molar-refractivity contribution in [2.75, 3.05) is 5.32 Å². The van der Waals surface area contributed by atoms with E-state index in [1.807, 2.05) is 13.8 Å². The number of anilines is 1. The van der Waals surface area contributed by atoms with E-state index in [-0.39, 0.29) is 16.7 Å². The van der Waals surface area contributed by atoms with Gasteiger partial charge in [0.25, 0.3) is 5.91 Å². The van der Waals surface area contributed by atoms with E-state index in [4.69, 9.17) is 4.74 Å². The summed E-state index contributed by atoms with van der Waals surface area (Å²) < 4.78 is 6.77. The van der Waals surface area contributed by atoms with Gasteiger partial charge in [0.1, 0.15) is 11.4 Å². The lowest BCUT2D eigenvalue weighted by atomic mass is 9.83. The first-order valence-electron chi connectivity index (χ1n) is 16.3. The predicted octanol–water partition coefficient (Wildman–Crippen LogP) is 10.1. The first kappa shape index (κ1) is 33.7. The highest BCUT2D eigenvalue weighted by Gasteiger charge is 2.34. The number of benzene rings is 2. The van der Waals surface area contributed by atoms with Gasteiger partial charge in [-0.3, -0.25) is 4.79 Å². The van der Waals surface area contributed by atoms with Crippen LogP contribution in [0.3, 0.4) is 0 Å². The maximum absolute atomic E-state index is 13.2. The van der Waals surface area contributed by atoms with Gasteiger partial charge >= 0.3 is 5.97 Å². The van der Waals surface area contributed by atoms with Crippen LogP contribution in [0.1, 0.15) is 142 Å². The number of hydrogen-bond donors (Lipinski definition) is 2. The van der Waals surface area contributed by atoms with Crippen molar-refractivity contribution in [1.29, 1.82) is 0 Å². The molecule has 0 saturated carbocycles. The maximum Gasteiger partial charge on any atom is 0.336 e. The highest BCUT2D eigenvalue weighted by molar-refractivity contribution is 6.11. The number of carbonyl (C=O) groups is 2. The quantitative estimate of drug-likeness (QED) is 0.221. The largest absolute Gasteiger partial charge is 0.487 e. The van der Waals surface area contributed by atoms with Crippen molar-refractivity contribution in [2.24, 2.45) is 17.8 Å². The molecule has 2 aromatic carbocycles. The number of fused-ring (bicyclic) bond motifs is 1. The molecule has 2 N–H and O–H groups in total. The molecule has 0 fully saturated rings. The van der Waals surface area contributed by atoms with E-state index >= 15 is 0 Å². The number of carbonyl (C=O) groups excluding carboxylic acids is 1. The number of hydrogen-bond acceptors (Lipinski definition) is 3. The van der Waals surface area contributed by atoms with Crippen molar-refractivity contribution < 1.29 is 19.4 Å². The molecule has 3 unspecified atom stereocenters. The molecule has 0 aliphatic carbocycles. The first-order valence-corrected chi connectivity index (χ1v) is 16.3. The molecule has 42 heavy (non-hydrogen) atoms. The summed E-state index contributed by atoms with van der Waals surface area (Å²) in [6.07, 6.45) is 13.4. The summed E-state index contributed by atoms with van der Waals surface area (Å²) in [6.45, 7) is 17.8. The number of rotatable bonds is 15. The van der Waals surface area contributed by atoms with Crippen molar-refractivity contribution in [3.63, 3.8) is 0 Å². The lowest BCUT2D eigenvalue weighted by Crippen LogP contribution is -2.37. The molecule has 1 heterocycles. The summed E-state index contributed by atoms with van der Waals surface area (Å²) in [5.74, 6) is 1.85. The third kappa shape index (κ3) is 8.84. The van der Waals surface area contributed by atoms with E-state index < -0.39 is 11.9 Å². The Kier molecular flexibility index (Phi) is 12.1. The summed E-state index contributed by atoms with van der Waals surface area (Å²) in [5, 5.41) is 12.6. The second-order valence-corrected chi connectivity index (χ2v) is 13.8. The highest BCUT2D eigenvalue weighted by atomic mass is 16.5. The van der Waals surface area contributed by atoms with Crippen molar-refractivity contribution in [1.82, 2.24) is 0 Å². The van der Waals surface area contributed by atoms with Crippen LogP contribution in [0.2, 0.25) is 0 Å². The number of nitrogens with one attached hydrogen (secondary N) is 1. The van der Waals surface area contributed by atoms with Crippen LogP contribution in [0.5, 0.6) is 5.75 Å². The predicted molar refractivity (Wildman–Crippen MR) is 174 cm³/mol. The monoisotopic (exact) mass is 577 g/mol. The molecule has 5 nitrogen and oxygen atoms in total. The third-order valence-electron chi connectivity index (χ3n) is 9.55. The zero-order valence-electron chi connectivity index (χ0n) is 27.5. The molecule has 1 amide bonds. The van der Waals surface area contributed by atoms with Crippen LogP contribution >= 0.6 is 0 Å². The van der Waals surface area contributed by atoms with Gasteiger partial charge in [0, 0.05) is 5.69 Å². The van der Waals surface area contributed by atoms with Crippen molar-refractivity contribution in [3.05, 3.63) is 57.6 Å². The van der Waals surface area contributed by atoms with Gasteiger partial charge in [-0.2, -0.15) is 0 Å². The van der Waals surface area contributed by atoms with Gasteiger partial charge in [-0.1, -0.05) is 84.8 Å². The lowest BCUT2D eigenvalue weighted by Gasteiger charge is -2.38. The SMILES string of the molecule is Cc1c(C)c2c(c(C)c1NC(=O)c1ccccc1C(=O)O)CCC(C)(CCCC(C)CCCC(C)CCCC(C)C)O2. The molecule has 5 heteroatoms. The summed E-state index contributed by atoms with van der Waals surface area (Å²) in [6, 6.07) is 6.33. The second-order valence-electron chi connectivity index (χ2n) is 13.8. The van der Waals surface area contributed by atoms with Crippen LogP contribution in [-0.2, 0) is 6.42 Å². The van der Waals surface area contributed by atoms with Crippen LogP contribution in [-0.4, -0.2) is 22.6 Å². The number of ether oxygens (including phenoxy) is 1. The van der Waals surface area contributed by atoms with Crippen LogP contribution in [0.15, 0.2) is 24.3 Å². The molecular weight excluding hydrogens is 522 g/mol. The Morgan fingerprint density at radius 2 is 1.43 bits per heavy atom. The fourth-order valence-electron chi connectivity index (χ4n) is 6.53. The average molecular weight is 578 g/mol. The van der Waals surface area contributed by atoms with E-state index in [2.05, 4.69) is 46.9 Å². The maximum atomic E-state index is 13.2. The number of amides is 1. The molecule has 0 aromatic heterocycles. The van der Waals surface area contributed by atoms with Gasteiger partial charge in [0.2, 0.25) is 0 Å². The Hall–Kier alpha value is -2.82. The minimum Gasteiger partial charge on any atom is -0.487 e. The normalized spacial score (nSPS) is 17.8. The van der Waals surface area contributed by atoms with Gasteiger partial charge in [0.15, 0.2) is 0 Å². The summed E-state index contributed by atoms with van der Waals surface area (Å²) in [7, 11) is 0. The van der Waals surface area contributed by atoms with Crippen LogP contribution < -0.4 is 10.1 Å². The molecular formula is C37H55NO4. The Bertz CT molecular complexity index is 1230. The second kappa shape index (κ2) is 15.1. The standard InChI is InChI=1S/C37H55NO4/c1-24(2)14-11-15-25(3)16-12-17-26(4)18-13-22-37(8)23-21-30-29(7)33(27(5)28(6)34(30)42-37)38-35(39)31-19-9-10-20-32(31)36(40)41/h9-10,19-20,24-26H,11-18,21-23H2,1-8H3,(H,38,39)(H,40,41). The molecule has 1 aliphatic rings. The number of aromatic carboxylic acids is 1. The van der Waals surface area contributed by atoms with Gasteiger partial charge in [0.05, 0.1) is 11.1 Å². The van der Waals surface area contributed by atoms with Gasteiger partial charge < -0.3 is 15.2 Å². The minimum atomic E-state index is -1.11. The lowest BCUT2D eigenvalue weighted by molar-refractivity contribution is 0.0513. The number of carboxylic acids is 1. The fourth-order valence-corrected chi connectivity index (χ4v) is 6.53. The van der Waals surface area contributed by atoms with Crippen molar-refractivity contribution in [2.45, 2.75) is 132 Å².